The first-order valence-corrected chi connectivity index (χ1v) is 4.75. The van der Waals surface area contributed by atoms with Gasteiger partial charge in [-0.05, 0) is 0 Å². The van der Waals surface area contributed by atoms with Crippen LogP contribution >= 0.6 is 24.0 Å². The highest BCUT2D eigenvalue weighted by atomic mass is 127. The molecule has 1 rings (SSSR count). The molecule has 0 bridgehead atoms. The molecule has 0 aliphatic carbocycles. The number of rotatable bonds is 2. The van der Waals surface area contributed by atoms with Crippen molar-refractivity contribution in [2.45, 2.75) is 6.54 Å². The Labute approximate surface area is 113 Å². The first-order chi connectivity index (χ1) is 7.00. The number of hydrogen-bond acceptors (Lipinski definition) is 3. The van der Waals surface area contributed by atoms with Crippen LogP contribution in [0.15, 0.2) is 11.2 Å². The lowest BCUT2D eigenvalue weighted by atomic mass is 10.5. The molecule has 0 atom stereocenters. The van der Waals surface area contributed by atoms with Crippen molar-refractivity contribution in [1.29, 1.82) is 0 Å². The molecule has 7 heteroatoms. The molecule has 0 aromatic carbocycles. The van der Waals surface area contributed by atoms with Crippen LogP contribution in [-0.2, 0) is 13.6 Å². The van der Waals surface area contributed by atoms with Crippen LogP contribution in [0, 0.1) is 0 Å². The quantitative estimate of drug-likeness (QED) is 0.445. The van der Waals surface area contributed by atoms with Crippen molar-refractivity contribution in [2.75, 3.05) is 28.2 Å². The fourth-order valence-electron chi connectivity index (χ4n) is 1.29. The average molecular weight is 338 g/mol. The summed E-state index contributed by atoms with van der Waals surface area (Å²) in [6, 6.07) is 0. The minimum atomic E-state index is 0. The van der Waals surface area contributed by atoms with E-state index in [0.717, 1.165) is 11.7 Å². The molecule has 0 aliphatic heterocycles. The molecule has 0 amide bonds. The van der Waals surface area contributed by atoms with Crippen LogP contribution < -0.4 is 0 Å². The highest BCUT2D eigenvalue weighted by Crippen LogP contribution is 1.96. The number of aliphatic imine (C=N–C) groups is 1. The lowest BCUT2D eigenvalue weighted by Crippen LogP contribution is -2.35. The van der Waals surface area contributed by atoms with Crippen LogP contribution in [0.3, 0.4) is 0 Å². The Kier molecular flexibility index (Phi) is 6.31. The maximum Gasteiger partial charge on any atom is 0.195 e. The smallest absolute Gasteiger partial charge is 0.195 e. The maximum absolute atomic E-state index is 4.46. The summed E-state index contributed by atoms with van der Waals surface area (Å²) in [6.45, 7) is 0.555. The molecule has 0 radical (unpaired) electrons. The molecule has 0 N–H and O–H groups in total. The van der Waals surface area contributed by atoms with Crippen molar-refractivity contribution in [3.8, 4) is 0 Å². The SMILES string of the molecule is CN(C)C(=NCc1cnn(C)n1)N(C)C.I. The molecule has 92 valence electrons. The van der Waals surface area contributed by atoms with Gasteiger partial charge in [0.05, 0.1) is 12.7 Å². The molecule has 16 heavy (non-hydrogen) atoms. The van der Waals surface area contributed by atoms with Gasteiger partial charge in [-0.25, -0.2) is 4.99 Å². The standard InChI is InChI=1S/C9H18N6.HI/c1-13(2)9(14(3)4)10-6-8-7-11-15(5)12-8;/h7H,6H2,1-5H3;1H. The molecule has 0 saturated carbocycles. The second-order valence-corrected chi connectivity index (χ2v) is 3.73. The van der Waals surface area contributed by atoms with Gasteiger partial charge in [0.2, 0.25) is 0 Å². The zero-order chi connectivity index (χ0) is 11.4. The predicted octanol–water partition coefficient (Wildman–Crippen LogP) is 0.412. The van der Waals surface area contributed by atoms with Crippen LogP contribution in [-0.4, -0.2) is 58.9 Å². The summed E-state index contributed by atoms with van der Waals surface area (Å²) in [5, 5.41) is 8.16. The first-order valence-electron chi connectivity index (χ1n) is 4.75. The molecule has 0 aliphatic rings. The zero-order valence-corrected chi connectivity index (χ0v) is 12.7. The second-order valence-electron chi connectivity index (χ2n) is 3.73. The van der Waals surface area contributed by atoms with Crippen LogP contribution in [0.1, 0.15) is 5.69 Å². The molecular weight excluding hydrogens is 319 g/mol. The minimum Gasteiger partial charge on any atom is -0.349 e. The van der Waals surface area contributed by atoms with E-state index in [1.807, 2.05) is 38.0 Å². The lowest BCUT2D eigenvalue weighted by Gasteiger charge is -2.22. The van der Waals surface area contributed by atoms with Gasteiger partial charge in [-0.3, -0.25) is 0 Å². The van der Waals surface area contributed by atoms with Crippen LogP contribution in [0.4, 0.5) is 0 Å². The molecule has 0 unspecified atom stereocenters. The van der Waals surface area contributed by atoms with Gasteiger partial charge in [0.1, 0.15) is 5.69 Å². The van der Waals surface area contributed by atoms with Gasteiger partial charge < -0.3 is 9.80 Å². The fraction of sp³-hybridized carbons (Fsp3) is 0.667. The third kappa shape index (κ3) is 4.33. The summed E-state index contributed by atoms with van der Waals surface area (Å²) >= 11 is 0. The summed E-state index contributed by atoms with van der Waals surface area (Å²) in [5.41, 5.74) is 0.874. The van der Waals surface area contributed by atoms with Crippen molar-refractivity contribution in [3.05, 3.63) is 11.9 Å². The van der Waals surface area contributed by atoms with Crippen molar-refractivity contribution in [1.82, 2.24) is 24.8 Å². The molecule has 0 saturated heterocycles. The third-order valence-electron chi connectivity index (χ3n) is 1.83. The van der Waals surface area contributed by atoms with Crippen LogP contribution in [0.5, 0.6) is 0 Å². The molecule has 6 nitrogen and oxygen atoms in total. The van der Waals surface area contributed by atoms with E-state index in [9.17, 15) is 0 Å². The summed E-state index contributed by atoms with van der Waals surface area (Å²) in [7, 11) is 9.67. The number of hydrogen-bond donors (Lipinski definition) is 0. The number of halogens is 1. The molecule has 0 spiro atoms. The van der Waals surface area contributed by atoms with Gasteiger partial charge in [-0.15, -0.1) is 24.0 Å². The summed E-state index contributed by atoms with van der Waals surface area (Å²) < 4.78 is 0. The van der Waals surface area contributed by atoms with E-state index in [1.54, 1.807) is 13.2 Å². The topological polar surface area (TPSA) is 49.6 Å². The number of aromatic nitrogens is 3. The minimum absolute atomic E-state index is 0. The van der Waals surface area contributed by atoms with Gasteiger partial charge in [0, 0.05) is 35.2 Å². The third-order valence-corrected chi connectivity index (χ3v) is 1.83. The van der Waals surface area contributed by atoms with Crippen molar-refractivity contribution < 1.29 is 0 Å². The van der Waals surface area contributed by atoms with Gasteiger partial charge in [0.15, 0.2) is 5.96 Å². The van der Waals surface area contributed by atoms with E-state index in [-0.39, 0.29) is 24.0 Å². The molecule has 1 aromatic rings. The van der Waals surface area contributed by atoms with Crippen molar-refractivity contribution in [2.24, 2.45) is 12.0 Å². The number of aryl methyl sites for hydroxylation is 1. The van der Waals surface area contributed by atoms with E-state index < -0.39 is 0 Å². The second kappa shape index (κ2) is 6.66. The summed E-state index contributed by atoms with van der Waals surface area (Å²) in [4.78, 5) is 9.93. The largest absolute Gasteiger partial charge is 0.349 e. The van der Waals surface area contributed by atoms with E-state index in [2.05, 4.69) is 15.2 Å². The van der Waals surface area contributed by atoms with Gasteiger partial charge >= 0.3 is 0 Å². The van der Waals surface area contributed by atoms with Gasteiger partial charge in [-0.1, -0.05) is 0 Å². The van der Waals surface area contributed by atoms with Gasteiger partial charge in [0.25, 0.3) is 0 Å². The first kappa shape index (κ1) is 15.1. The van der Waals surface area contributed by atoms with E-state index in [4.69, 9.17) is 0 Å². The molecule has 1 heterocycles. The Bertz CT molecular complexity index is 334. The maximum atomic E-state index is 4.46. The lowest BCUT2D eigenvalue weighted by molar-refractivity contribution is 0.479. The van der Waals surface area contributed by atoms with Crippen molar-refractivity contribution in [3.63, 3.8) is 0 Å². The monoisotopic (exact) mass is 338 g/mol. The number of guanidine groups is 1. The Morgan fingerprint density at radius 1 is 1.31 bits per heavy atom. The fourth-order valence-corrected chi connectivity index (χ4v) is 1.29. The normalized spacial score (nSPS) is 9.31. The van der Waals surface area contributed by atoms with E-state index in [0.29, 0.717) is 6.54 Å². The molecular formula is C9H19IN6. The Balaban J connectivity index is 0.00000225. The highest BCUT2D eigenvalue weighted by Gasteiger charge is 2.04. The van der Waals surface area contributed by atoms with E-state index >= 15 is 0 Å². The van der Waals surface area contributed by atoms with Crippen molar-refractivity contribution >= 4 is 29.9 Å². The highest BCUT2D eigenvalue weighted by molar-refractivity contribution is 14.0. The zero-order valence-electron chi connectivity index (χ0n) is 10.4. The molecule has 1 aromatic heterocycles. The number of nitrogens with zero attached hydrogens (tertiary/aromatic N) is 6. The Hall–Kier alpha value is -0.860. The Morgan fingerprint density at radius 2 is 1.88 bits per heavy atom. The predicted molar refractivity (Wildman–Crippen MR) is 74.9 cm³/mol. The van der Waals surface area contributed by atoms with Gasteiger partial charge in [-0.2, -0.15) is 15.0 Å². The molecule has 0 fully saturated rings. The van der Waals surface area contributed by atoms with E-state index in [1.165, 1.54) is 4.80 Å². The Morgan fingerprint density at radius 3 is 2.25 bits per heavy atom. The summed E-state index contributed by atoms with van der Waals surface area (Å²) in [5.74, 6) is 0.917. The summed E-state index contributed by atoms with van der Waals surface area (Å²) in [6.07, 6.45) is 1.73. The average Bonchev–Trinajstić information content (AvgIpc) is 2.50. The van der Waals surface area contributed by atoms with Crippen LogP contribution in [0.25, 0.3) is 0 Å². The van der Waals surface area contributed by atoms with Crippen LogP contribution in [0.2, 0.25) is 0 Å².